The molecule has 0 aromatic carbocycles. The summed E-state index contributed by atoms with van der Waals surface area (Å²) in [6.45, 7) is 0.776. The molecule has 0 aliphatic heterocycles. The fourth-order valence-electron chi connectivity index (χ4n) is 5.67. The van der Waals surface area contributed by atoms with Crippen molar-refractivity contribution in [2.24, 2.45) is 0 Å². The van der Waals surface area contributed by atoms with Gasteiger partial charge in [-0.15, -0.1) is 20.4 Å². The standard InChI is InChI=1S/C16H16N8O.C14H16N6O.C2H4N2O2/c25-8-14-7-24(21-20-14)6-13-5-22-4-12(11-1-2-11)3-15(16(22)19-13)23-9-17-18-10-23;15-13-3-10(9-1-2-9)4-19-5-11(16-14(13)19)6-20-7-12(8-21)17-18-20;5-1-3-4-2-6/h3-5,7,9-11,25H,1-2,6,8H2;3-5,7,9,21H,1-2,6,8,15H2;1-2H,(H,3,5)(H,4,6). The fraction of sp³-hybridized carbons (Fsp3) is 0.312. The van der Waals surface area contributed by atoms with E-state index in [0.29, 0.717) is 54.8 Å². The highest BCUT2D eigenvalue weighted by Gasteiger charge is 2.26. The number of nitrogens with zero attached hydrogens (tertiary/aromatic N) is 13. The number of hydrazine groups is 1. The minimum atomic E-state index is -0.117. The number of nitrogen functional groups attached to an aromatic ring is 1. The van der Waals surface area contributed by atoms with Crippen LogP contribution in [0.1, 0.15) is 71.4 Å². The van der Waals surface area contributed by atoms with Gasteiger partial charge in [-0.2, -0.15) is 0 Å². The van der Waals surface area contributed by atoms with E-state index in [2.05, 4.69) is 58.7 Å². The molecule has 52 heavy (non-hydrogen) atoms. The van der Waals surface area contributed by atoms with Crippen LogP contribution in [0.2, 0.25) is 0 Å². The van der Waals surface area contributed by atoms with E-state index in [-0.39, 0.29) is 13.2 Å². The smallest absolute Gasteiger partial charge is 0.225 e. The summed E-state index contributed by atoms with van der Waals surface area (Å²) in [5.74, 6) is 1.29. The number of fused-ring (bicyclic) bond motifs is 2. The van der Waals surface area contributed by atoms with Gasteiger partial charge in [0.2, 0.25) is 12.8 Å². The Hall–Kier alpha value is -6.54. The molecule has 2 saturated carbocycles. The normalized spacial score (nSPS) is 13.7. The molecule has 2 amide bonds. The van der Waals surface area contributed by atoms with Gasteiger partial charge in [0.25, 0.3) is 0 Å². The van der Waals surface area contributed by atoms with Crippen LogP contribution in [0.4, 0.5) is 5.69 Å². The molecule has 0 atom stereocenters. The Bertz CT molecular complexity index is 2270. The van der Waals surface area contributed by atoms with E-state index < -0.39 is 0 Å². The number of amides is 2. The third kappa shape index (κ3) is 7.92. The summed E-state index contributed by atoms with van der Waals surface area (Å²) >= 11 is 0. The van der Waals surface area contributed by atoms with E-state index in [4.69, 9.17) is 20.9 Å². The lowest BCUT2D eigenvalue weighted by Crippen LogP contribution is -2.28. The number of hydrogen-bond acceptors (Lipinski definition) is 13. The fourth-order valence-corrected chi connectivity index (χ4v) is 5.67. The first kappa shape index (κ1) is 33.9. The zero-order valence-electron chi connectivity index (χ0n) is 27.8. The quantitative estimate of drug-likeness (QED) is 0.0649. The van der Waals surface area contributed by atoms with Crippen LogP contribution in [0.3, 0.4) is 0 Å². The number of anilines is 1. The van der Waals surface area contributed by atoms with E-state index in [1.807, 2.05) is 38.3 Å². The van der Waals surface area contributed by atoms with Crippen LogP contribution in [0.25, 0.3) is 17.0 Å². The summed E-state index contributed by atoms with van der Waals surface area (Å²) in [5.41, 5.74) is 18.6. The van der Waals surface area contributed by atoms with Gasteiger partial charge >= 0.3 is 0 Å². The Balaban J connectivity index is 0.000000142. The number of nitrogens with one attached hydrogen (secondary N) is 2. The highest BCUT2D eigenvalue weighted by molar-refractivity contribution is 5.66. The number of carbonyl (C=O) groups excluding carboxylic acids is 2. The van der Waals surface area contributed by atoms with E-state index >= 15 is 0 Å². The number of imidazole rings is 2. The average molecular weight is 709 g/mol. The molecular formula is C32H36N16O4. The van der Waals surface area contributed by atoms with Gasteiger partial charge < -0.3 is 24.7 Å². The zero-order chi connectivity index (χ0) is 36.0. The first-order valence-electron chi connectivity index (χ1n) is 16.5. The molecule has 2 aliphatic rings. The van der Waals surface area contributed by atoms with Crippen LogP contribution >= 0.6 is 0 Å². The molecule has 20 nitrogen and oxygen atoms in total. The zero-order valence-corrected chi connectivity index (χ0v) is 27.8. The second-order valence-corrected chi connectivity index (χ2v) is 12.4. The van der Waals surface area contributed by atoms with E-state index in [1.165, 1.54) is 36.8 Å². The van der Waals surface area contributed by atoms with Gasteiger partial charge in [-0.05, 0) is 60.8 Å². The van der Waals surface area contributed by atoms with Crippen molar-refractivity contribution < 1.29 is 19.8 Å². The van der Waals surface area contributed by atoms with Crippen LogP contribution in [0.15, 0.2) is 62.0 Å². The molecule has 0 spiro atoms. The van der Waals surface area contributed by atoms with Crippen molar-refractivity contribution in [2.75, 3.05) is 5.73 Å². The second-order valence-electron chi connectivity index (χ2n) is 12.4. The summed E-state index contributed by atoms with van der Waals surface area (Å²) in [6, 6.07) is 4.20. The number of aliphatic hydroxyl groups excluding tert-OH is 2. The SMILES string of the molecule is Nc1cc(C2CC2)cn2cc(Cn3cc(CO)nn3)nc12.O=CNNC=O.OCc1cn(Cc2cn3cc(C4CC4)cc(-n4cnnc4)c3n2)nn1. The molecule has 2 aliphatic carbocycles. The maximum Gasteiger partial charge on any atom is 0.225 e. The van der Waals surface area contributed by atoms with Gasteiger partial charge in [-0.3, -0.25) is 25.0 Å². The first-order valence-corrected chi connectivity index (χ1v) is 16.5. The Kier molecular flexibility index (Phi) is 9.88. The average Bonchev–Trinajstić information content (AvgIpc) is 3.82. The Morgan fingerprint density at radius 1 is 0.692 bits per heavy atom. The van der Waals surface area contributed by atoms with E-state index in [9.17, 15) is 9.59 Å². The van der Waals surface area contributed by atoms with Gasteiger partial charge in [0.1, 0.15) is 24.0 Å². The van der Waals surface area contributed by atoms with Gasteiger partial charge in [0.15, 0.2) is 11.3 Å². The molecule has 20 heteroatoms. The molecule has 7 aromatic rings. The minimum absolute atomic E-state index is 0.108. The van der Waals surface area contributed by atoms with Crippen LogP contribution in [-0.4, -0.2) is 86.6 Å². The second kappa shape index (κ2) is 15.1. The Labute approximate surface area is 294 Å². The molecule has 0 saturated heterocycles. The minimum Gasteiger partial charge on any atom is -0.396 e. The van der Waals surface area contributed by atoms with Crippen molar-refractivity contribution in [3.05, 3.63) is 95.9 Å². The molecule has 0 radical (unpaired) electrons. The van der Waals surface area contributed by atoms with Crippen molar-refractivity contribution >= 4 is 29.8 Å². The van der Waals surface area contributed by atoms with Gasteiger partial charge in [0, 0.05) is 24.8 Å². The van der Waals surface area contributed by atoms with E-state index in [0.717, 1.165) is 28.4 Å². The number of nitrogens with two attached hydrogens (primary N) is 1. The summed E-state index contributed by atoms with van der Waals surface area (Å²) in [6.07, 6.45) is 20.7. The lowest BCUT2D eigenvalue weighted by Gasteiger charge is -2.07. The molecule has 0 bridgehead atoms. The number of hydrogen-bond donors (Lipinski definition) is 5. The Morgan fingerprint density at radius 3 is 1.67 bits per heavy atom. The monoisotopic (exact) mass is 708 g/mol. The Morgan fingerprint density at radius 2 is 1.19 bits per heavy atom. The van der Waals surface area contributed by atoms with Crippen molar-refractivity contribution in [2.45, 2.75) is 63.8 Å². The number of aromatic nitrogens is 13. The lowest BCUT2D eigenvalue weighted by atomic mass is 10.2. The first-order chi connectivity index (χ1) is 25.4. The molecular weight excluding hydrogens is 672 g/mol. The molecule has 7 heterocycles. The van der Waals surface area contributed by atoms with Crippen molar-refractivity contribution in [3.8, 4) is 5.69 Å². The lowest BCUT2D eigenvalue weighted by molar-refractivity contribution is -0.116. The molecule has 2 fully saturated rings. The van der Waals surface area contributed by atoms with Crippen LogP contribution in [0.5, 0.6) is 0 Å². The summed E-state index contributed by atoms with van der Waals surface area (Å²) < 4.78 is 9.26. The number of pyridine rings is 2. The van der Waals surface area contributed by atoms with Gasteiger partial charge in [0.05, 0.1) is 61.5 Å². The maximum absolute atomic E-state index is 9.23. The predicted octanol–water partition coefficient (Wildman–Crippen LogP) is 0.244. The molecule has 268 valence electrons. The van der Waals surface area contributed by atoms with Crippen LogP contribution in [0, 0.1) is 0 Å². The van der Waals surface area contributed by atoms with Crippen LogP contribution < -0.4 is 16.6 Å². The molecule has 7 aromatic heterocycles. The molecule has 6 N–H and O–H groups in total. The van der Waals surface area contributed by atoms with Crippen LogP contribution in [-0.2, 0) is 35.9 Å². The highest BCUT2D eigenvalue weighted by atomic mass is 16.3. The number of carbonyl (C=O) groups is 2. The number of rotatable bonds is 12. The van der Waals surface area contributed by atoms with E-state index in [1.54, 1.807) is 34.4 Å². The summed E-state index contributed by atoms with van der Waals surface area (Å²) in [4.78, 5) is 27.8. The number of aliphatic hydroxyl groups is 2. The van der Waals surface area contributed by atoms with Gasteiger partial charge in [-0.1, -0.05) is 10.4 Å². The highest BCUT2D eigenvalue weighted by Crippen LogP contribution is 2.41. The third-order valence-corrected chi connectivity index (χ3v) is 8.39. The third-order valence-electron chi connectivity index (χ3n) is 8.39. The topological polar surface area (TPSA) is 251 Å². The molecule has 9 rings (SSSR count). The summed E-state index contributed by atoms with van der Waals surface area (Å²) in [5, 5.41) is 41.7. The van der Waals surface area contributed by atoms with Gasteiger partial charge in [-0.25, -0.2) is 19.3 Å². The van der Waals surface area contributed by atoms with Crippen molar-refractivity contribution in [1.29, 1.82) is 0 Å². The molecule has 0 unspecified atom stereocenters. The van der Waals surface area contributed by atoms with Crippen molar-refractivity contribution in [3.63, 3.8) is 0 Å². The predicted molar refractivity (Wildman–Crippen MR) is 182 cm³/mol. The maximum atomic E-state index is 9.23. The van der Waals surface area contributed by atoms with Crippen molar-refractivity contribution in [1.82, 2.24) is 74.4 Å². The summed E-state index contributed by atoms with van der Waals surface area (Å²) in [7, 11) is 0. The largest absolute Gasteiger partial charge is 0.396 e.